The van der Waals surface area contributed by atoms with Gasteiger partial charge >= 0.3 is 11.9 Å². The highest BCUT2D eigenvalue weighted by atomic mass is 16.6. The molecule has 62 heavy (non-hydrogen) atoms. The summed E-state index contributed by atoms with van der Waals surface area (Å²) in [6, 6.07) is 0. The number of ether oxygens (including phenoxy) is 3. The number of hydrogen-bond acceptors (Lipinski definition) is 5. The second kappa shape index (κ2) is 52.9. The van der Waals surface area contributed by atoms with Crippen LogP contribution in [0.3, 0.4) is 0 Å². The number of carbonyl (C=O) groups is 2. The number of unbranched alkanes of at least 4 members (excludes halogenated alkanes) is 28. The first kappa shape index (κ1) is 59.6. The van der Waals surface area contributed by atoms with Gasteiger partial charge in [-0.25, -0.2) is 0 Å². The summed E-state index contributed by atoms with van der Waals surface area (Å²) in [6.45, 7) is 7.75. The maximum atomic E-state index is 12.8. The predicted molar refractivity (Wildman–Crippen MR) is 270 cm³/mol. The van der Waals surface area contributed by atoms with Crippen molar-refractivity contribution in [2.24, 2.45) is 0 Å². The Morgan fingerprint density at radius 1 is 0.355 bits per heavy atom. The fourth-order valence-corrected chi connectivity index (χ4v) is 7.49. The molecule has 0 bridgehead atoms. The highest BCUT2D eigenvalue weighted by molar-refractivity contribution is 5.70. The Balaban J connectivity index is 4.33. The van der Waals surface area contributed by atoms with E-state index in [4.69, 9.17) is 14.2 Å². The summed E-state index contributed by atoms with van der Waals surface area (Å²) in [6.07, 6.45) is 66.6. The van der Waals surface area contributed by atoms with Gasteiger partial charge in [-0.15, -0.1) is 0 Å². The number of carbonyl (C=O) groups excluding carboxylic acids is 2. The van der Waals surface area contributed by atoms with Gasteiger partial charge in [-0.2, -0.15) is 0 Å². The molecule has 0 radical (unpaired) electrons. The zero-order valence-electron chi connectivity index (χ0n) is 41.4. The van der Waals surface area contributed by atoms with E-state index in [1.165, 1.54) is 154 Å². The molecule has 0 aromatic rings. The van der Waals surface area contributed by atoms with Gasteiger partial charge in [-0.3, -0.25) is 9.59 Å². The number of rotatable bonds is 49. The lowest BCUT2D eigenvalue weighted by Crippen LogP contribution is -2.30. The third kappa shape index (κ3) is 50.2. The van der Waals surface area contributed by atoms with Crippen LogP contribution in [0.1, 0.15) is 265 Å². The average molecular weight is 867 g/mol. The van der Waals surface area contributed by atoms with Gasteiger partial charge in [0, 0.05) is 19.4 Å². The fourth-order valence-electron chi connectivity index (χ4n) is 7.49. The molecule has 0 N–H and O–H groups in total. The number of hydrogen-bond donors (Lipinski definition) is 0. The van der Waals surface area contributed by atoms with E-state index in [2.05, 4.69) is 81.5 Å². The van der Waals surface area contributed by atoms with Crippen molar-refractivity contribution in [2.75, 3.05) is 19.8 Å². The average Bonchev–Trinajstić information content (AvgIpc) is 3.27. The molecule has 0 saturated heterocycles. The summed E-state index contributed by atoms with van der Waals surface area (Å²) in [7, 11) is 0. The van der Waals surface area contributed by atoms with E-state index in [-0.39, 0.29) is 25.2 Å². The van der Waals surface area contributed by atoms with Gasteiger partial charge in [0.15, 0.2) is 6.10 Å². The summed E-state index contributed by atoms with van der Waals surface area (Å²) in [5.74, 6) is -0.449. The van der Waals surface area contributed by atoms with Crippen LogP contribution in [0.2, 0.25) is 0 Å². The van der Waals surface area contributed by atoms with Gasteiger partial charge in [0.2, 0.25) is 0 Å². The minimum Gasteiger partial charge on any atom is -0.462 e. The number of allylic oxidation sites excluding steroid dienone is 10. The van der Waals surface area contributed by atoms with E-state index in [1.807, 2.05) is 0 Å². The molecule has 0 aromatic carbocycles. The highest BCUT2D eigenvalue weighted by Gasteiger charge is 2.17. The Morgan fingerprint density at radius 3 is 1.15 bits per heavy atom. The lowest BCUT2D eigenvalue weighted by molar-refractivity contribution is -0.163. The Hall–Kier alpha value is -2.40. The third-order valence-corrected chi connectivity index (χ3v) is 11.5. The lowest BCUT2D eigenvalue weighted by Gasteiger charge is -2.18. The zero-order valence-corrected chi connectivity index (χ0v) is 41.4. The predicted octanol–water partition coefficient (Wildman–Crippen LogP) is 18.1. The van der Waals surface area contributed by atoms with Gasteiger partial charge < -0.3 is 14.2 Å². The van der Waals surface area contributed by atoms with Gasteiger partial charge in [0.1, 0.15) is 6.61 Å². The SMILES string of the molecule is CCCCC/C=C\C/C=C\C/C=C\CCCCC(=O)OC[C@@H](COCCCCCCCCCCCCCCCCCC)OC(=O)CCCCCCC/C=C\C/C=C\CCCCC. The van der Waals surface area contributed by atoms with Crippen molar-refractivity contribution in [3.8, 4) is 0 Å². The molecular weight excluding hydrogens is 765 g/mol. The smallest absolute Gasteiger partial charge is 0.306 e. The van der Waals surface area contributed by atoms with Crippen LogP contribution in [-0.2, 0) is 23.8 Å². The van der Waals surface area contributed by atoms with Crippen LogP contribution < -0.4 is 0 Å². The van der Waals surface area contributed by atoms with Crippen LogP contribution >= 0.6 is 0 Å². The summed E-state index contributed by atoms with van der Waals surface area (Å²) >= 11 is 0. The van der Waals surface area contributed by atoms with Crippen molar-refractivity contribution in [1.82, 2.24) is 0 Å². The second-order valence-corrected chi connectivity index (χ2v) is 17.8. The van der Waals surface area contributed by atoms with Crippen molar-refractivity contribution in [2.45, 2.75) is 271 Å². The molecule has 0 amide bonds. The van der Waals surface area contributed by atoms with Crippen LogP contribution in [0.25, 0.3) is 0 Å². The van der Waals surface area contributed by atoms with Crippen LogP contribution in [0, 0.1) is 0 Å². The zero-order chi connectivity index (χ0) is 44.9. The second-order valence-electron chi connectivity index (χ2n) is 17.8. The first-order valence-electron chi connectivity index (χ1n) is 26.8. The van der Waals surface area contributed by atoms with E-state index in [9.17, 15) is 9.59 Å². The molecule has 5 nitrogen and oxygen atoms in total. The Kier molecular flexibility index (Phi) is 50.9. The van der Waals surface area contributed by atoms with Crippen molar-refractivity contribution in [3.63, 3.8) is 0 Å². The minimum absolute atomic E-state index is 0.0614. The first-order chi connectivity index (χ1) is 30.6. The molecule has 0 aliphatic carbocycles. The van der Waals surface area contributed by atoms with Crippen LogP contribution in [0.5, 0.6) is 0 Å². The normalized spacial score (nSPS) is 12.6. The fraction of sp³-hybridized carbons (Fsp3) is 0.789. The Bertz CT molecular complexity index is 1070. The van der Waals surface area contributed by atoms with E-state index in [0.717, 1.165) is 77.0 Å². The molecule has 0 aliphatic heterocycles. The van der Waals surface area contributed by atoms with Gasteiger partial charge in [-0.1, -0.05) is 223 Å². The third-order valence-electron chi connectivity index (χ3n) is 11.5. The van der Waals surface area contributed by atoms with Gasteiger partial charge in [-0.05, 0) is 89.9 Å². The quantitative estimate of drug-likeness (QED) is 0.0346. The molecule has 5 heteroatoms. The molecule has 0 saturated carbocycles. The summed E-state index contributed by atoms with van der Waals surface area (Å²) in [5.41, 5.74) is 0. The minimum atomic E-state index is -0.557. The summed E-state index contributed by atoms with van der Waals surface area (Å²) in [4.78, 5) is 25.4. The van der Waals surface area contributed by atoms with Gasteiger partial charge in [0.25, 0.3) is 0 Å². The molecule has 0 aromatic heterocycles. The largest absolute Gasteiger partial charge is 0.462 e. The van der Waals surface area contributed by atoms with Crippen LogP contribution in [-0.4, -0.2) is 37.9 Å². The van der Waals surface area contributed by atoms with Crippen molar-refractivity contribution >= 4 is 11.9 Å². The Morgan fingerprint density at radius 2 is 0.677 bits per heavy atom. The molecule has 0 rings (SSSR count). The van der Waals surface area contributed by atoms with Crippen LogP contribution in [0.15, 0.2) is 60.8 Å². The maximum absolute atomic E-state index is 12.8. The topological polar surface area (TPSA) is 61.8 Å². The first-order valence-corrected chi connectivity index (χ1v) is 26.8. The lowest BCUT2D eigenvalue weighted by atomic mass is 10.0. The standard InChI is InChI=1S/C57H102O5/c1-4-7-10-13-16-19-22-25-28-31-34-37-40-43-46-49-52-60-53-55(62-57(59)51-48-45-42-39-36-33-30-27-24-21-18-15-12-9-6-3)54-61-56(58)50-47-44-41-38-35-32-29-26-23-20-17-14-11-8-5-2/h17-18,20-21,26-27,29-30,35,38,55H,4-16,19,22-25,28,31-34,36-37,39-54H2,1-3H3/b20-17-,21-18-,29-26-,30-27-,38-35-/t55-/m1/s1. The summed E-state index contributed by atoms with van der Waals surface area (Å²) < 4.78 is 17.4. The van der Waals surface area contributed by atoms with Crippen molar-refractivity contribution in [3.05, 3.63) is 60.8 Å². The summed E-state index contributed by atoms with van der Waals surface area (Å²) in [5, 5.41) is 0. The van der Waals surface area contributed by atoms with E-state index < -0.39 is 6.10 Å². The van der Waals surface area contributed by atoms with Crippen molar-refractivity contribution < 1.29 is 23.8 Å². The molecule has 0 fully saturated rings. The maximum Gasteiger partial charge on any atom is 0.306 e. The molecule has 0 heterocycles. The monoisotopic (exact) mass is 867 g/mol. The molecule has 360 valence electrons. The number of esters is 2. The van der Waals surface area contributed by atoms with Gasteiger partial charge in [0.05, 0.1) is 6.61 Å². The highest BCUT2D eigenvalue weighted by Crippen LogP contribution is 2.15. The molecule has 0 aliphatic rings. The molecule has 0 unspecified atom stereocenters. The molecule has 0 spiro atoms. The Labute approximate surface area is 385 Å². The molecule has 1 atom stereocenters. The van der Waals surface area contributed by atoms with E-state index >= 15 is 0 Å². The molecular formula is C57H102O5. The van der Waals surface area contributed by atoms with Crippen LogP contribution in [0.4, 0.5) is 0 Å². The van der Waals surface area contributed by atoms with Crippen molar-refractivity contribution in [1.29, 1.82) is 0 Å². The van der Waals surface area contributed by atoms with E-state index in [1.54, 1.807) is 0 Å². The van der Waals surface area contributed by atoms with E-state index in [0.29, 0.717) is 19.4 Å².